The maximum Gasteiger partial charge on any atom is 0.185 e. The molecule has 0 spiro atoms. The van der Waals surface area contributed by atoms with Crippen molar-refractivity contribution >= 4 is 16.5 Å². The standard InChI is InChI=1S/C16H26N2OS/c1-4-5-11-6-7-18(10-11)15-17-12-8-16(2,3)9-13(19)14(12)20-15/h11,13,19H,4-10H2,1-3H3. The lowest BCUT2D eigenvalue weighted by molar-refractivity contribution is 0.102. The molecule has 20 heavy (non-hydrogen) atoms. The predicted octanol–water partition coefficient (Wildman–Crippen LogP) is 3.78. The van der Waals surface area contributed by atoms with Crippen LogP contribution in [0.1, 0.15) is 63.1 Å². The topological polar surface area (TPSA) is 36.4 Å². The van der Waals surface area contributed by atoms with Gasteiger partial charge < -0.3 is 10.0 Å². The molecule has 1 aromatic rings. The number of aromatic nitrogens is 1. The monoisotopic (exact) mass is 294 g/mol. The second-order valence-corrected chi connectivity index (χ2v) is 8.27. The van der Waals surface area contributed by atoms with Gasteiger partial charge in [-0.15, -0.1) is 0 Å². The van der Waals surface area contributed by atoms with Crippen LogP contribution in [-0.2, 0) is 6.42 Å². The summed E-state index contributed by atoms with van der Waals surface area (Å²) < 4.78 is 0. The molecule has 2 unspecified atom stereocenters. The summed E-state index contributed by atoms with van der Waals surface area (Å²) in [7, 11) is 0. The second kappa shape index (κ2) is 5.30. The maximum atomic E-state index is 10.3. The highest BCUT2D eigenvalue weighted by molar-refractivity contribution is 7.15. The zero-order valence-corrected chi connectivity index (χ0v) is 13.7. The highest BCUT2D eigenvalue weighted by atomic mass is 32.1. The van der Waals surface area contributed by atoms with E-state index in [1.807, 2.05) is 0 Å². The molecular weight excluding hydrogens is 268 g/mol. The van der Waals surface area contributed by atoms with Crippen LogP contribution in [0.4, 0.5) is 5.13 Å². The van der Waals surface area contributed by atoms with Crippen molar-refractivity contribution in [1.82, 2.24) is 4.98 Å². The van der Waals surface area contributed by atoms with Gasteiger partial charge in [0.1, 0.15) is 0 Å². The molecule has 1 saturated heterocycles. The van der Waals surface area contributed by atoms with Gasteiger partial charge in [0.05, 0.1) is 16.7 Å². The average molecular weight is 294 g/mol. The van der Waals surface area contributed by atoms with Crippen molar-refractivity contribution in [3.05, 3.63) is 10.6 Å². The minimum absolute atomic E-state index is 0.174. The zero-order chi connectivity index (χ0) is 14.3. The zero-order valence-electron chi connectivity index (χ0n) is 12.9. The summed E-state index contributed by atoms with van der Waals surface area (Å²) in [6, 6.07) is 0. The van der Waals surface area contributed by atoms with Crippen LogP contribution in [0.25, 0.3) is 0 Å². The predicted molar refractivity (Wildman–Crippen MR) is 84.4 cm³/mol. The van der Waals surface area contributed by atoms with Gasteiger partial charge in [-0.25, -0.2) is 4.98 Å². The number of aliphatic hydroxyl groups excluding tert-OH is 1. The van der Waals surface area contributed by atoms with Crippen molar-refractivity contribution < 1.29 is 5.11 Å². The Morgan fingerprint density at radius 3 is 3.00 bits per heavy atom. The second-order valence-electron chi connectivity index (χ2n) is 7.26. The fourth-order valence-corrected chi connectivity index (χ4v) is 4.77. The molecular formula is C16H26N2OS. The number of aliphatic hydroxyl groups is 1. The number of rotatable bonds is 3. The third kappa shape index (κ3) is 2.73. The maximum absolute atomic E-state index is 10.3. The van der Waals surface area contributed by atoms with Crippen LogP contribution in [0, 0.1) is 11.3 Å². The lowest BCUT2D eigenvalue weighted by Gasteiger charge is -2.31. The summed E-state index contributed by atoms with van der Waals surface area (Å²) in [4.78, 5) is 8.41. The van der Waals surface area contributed by atoms with Gasteiger partial charge in [-0.3, -0.25) is 0 Å². The first kappa shape index (κ1) is 14.3. The first-order valence-corrected chi connectivity index (χ1v) is 8.73. The van der Waals surface area contributed by atoms with Crippen LogP contribution in [0.2, 0.25) is 0 Å². The normalized spacial score (nSPS) is 28.7. The minimum atomic E-state index is -0.311. The van der Waals surface area contributed by atoms with E-state index in [0.717, 1.165) is 47.6 Å². The summed E-state index contributed by atoms with van der Waals surface area (Å²) in [5.74, 6) is 0.835. The third-order valence-corrected chi connectivity index (χ3v) is 5.92. The molecule has 0 bridgehead atoms. The van der Waals surface area contributed by atoms with Gasteiger partial charge in [-0.1, -0.05) is 38.5 Å². The molecule has 0 aromatic carbocycles. The highest BCUT2D eigenvalue weighted by Gasteiger charge is 2.35. The van der Waals surface area contributed by atoms with Gasteiger partial charge in [-0.05, 0) is 37.0 Å². The van der Waals surface area contributed by atoms with Crippen LogP contribution in [0.5, 0.6) is 0 Å². The molecule has 2 atom stereocenters. The number of anilines is 1. The molecule has 0 amide bonds. The van der Waals surface area contributed by atoms with Gasteiger partial charge in [-0.2, -0.15) is 0 Å². The Morgan fingerprint density at radius 2 is 2.25 bits per heavy atom. The van der Waals surface area contributed by atoms with Gasteiger partial charge in [0.25, 0.3) is 0 Å². The molecule has 1 N–H and O–H groups in total. The van der Waals surface area contributed by atoms with E-state index in [2.05, 4.69) is 25.7 Å². The summed E-state index contributed by atoms with van der Waals surface area (Å²) in [5.41, 5.74) is 1.32. The molecule has 112 valence electrons. The molecule has 3 rings (SSSR count). The number of thiazole rings is 1. The third-order valence-electron chi connectivity index (χ3n) is 4.66. The first-order chi connectivity index (χ1) is 9.48. The van der Waals surface area contributed by atoms with Gasteiger partial charge in [0.2, 0.25) is 0 Å². The molecule has 1 aliphatic carbocycles. The van der Waals surface area contributed by atoms with Crippen LogP contribution < -0.4 is 4.90 Å². The van der Waals surface area contributed by atoms with E-state index in [9.17, 15) is 5.11 Å². The Labute approximate surface area is 126 Å². The Hall–Kier alpha value is -0.610. The summed E-state index contributed by atoms with van der Waals surface area (Å²) in [5, 5.41) is 11.5. The van der Waals surface area contributed by atoms with E-state index in [1.54, 1.807) is 11.3 Å². The first-order valence-electron chi connectivity index (χ1n) is 7.91. The molecule has 1 aromatic heterocycles. The number of hydrogen-bond acceptors (Lipinski definition) is 4. The molecule has 0 radical (unpaired) electrons. The van der Waals surface area contributed by atoms with E-state index in [1.165, 1.54) is 19.3 Å². The molecule has 2 aliphatic rings. The SMILES string of the molecule is CCCC1CCN(c2nc3c(s2)C(O)CC(C)(C)C3)C1. The number of nitrogens with zero attached hydrogens (tertiary/aromatic N) is 2. The van der Waals surface area contributed by atoms with Gasteiger partial charge in [0, 0.05) is 13.1 Å². The molecule has 1 fully saturated rings. The van der Waals surface area contributed by atoms with E-state index in [-0.39, 0.29) is 11.5 Å². The Bertz CT molecular complexity index is 483. The van der Waals surface area contributed by atoms with Crippen molar-refractivity contribution in [3.8, 4) is 0 Å². The number of hydrogen-bond donors (Lipinski definition) is 1. The lowest BCUT2D eigenvalue weighted by atomic mass is 9.77. The van der Waals surface area contributed by atoms with Crippen LogP contribution in [-0.4, -0.2) is 23.2 Å². The van der Waals surface area contributed by atoms with E-state index in [0.29, 0.717) is 0 Å². The van der Waals surface area contributed by atoms with E-state index < -0.39 is 0 Å². The summed E-state index contributed by atoms with van der Waals surface area (Å²) in [6.07, 6.45) is 5.46. The van der Waals surface area contributed by atoms with Crippen LogP contribution in [0.15, 0.2) is 0 Å². The molecule has 1 aliphatic heterocycles. The molecule has 0 saturated carbocycles. The number of fused-ring (bicyclic) bond motifs is 1. The van der Waals surface area contributed by atoms with Crippen molar-refractivity contribution in [3.63, 3.8) is 0 Å². The Balaban J connectivity index is 1.77. The minimum Gasteiger partial charge on any atom is -0.387 e. The molecule has 3 nitrogen and oxygen atoms in total. The van der Waals surface area contributed by atoms with Crippen molar-refractivity contribution in [2.45, 2.75) is 59.0 Å². The fraction of sp³-hybridized carbons (Fsp3) is 0.812. The Kier molecular flexibility index (Phi) is 3.80. The lowest BCUT2D eigenvalue weighted by Crippen LogP contribution is -2.24. The smallest absolute Gasteiger partial charge is 0.185 e. The van der Waals surface area contributed by atoms with Crippen LogP contribution in [0.3, 0.4) is 0 Å². The molecule has 2 heterocycles. The van der Waals surface area contributed by atoms with Gasteiger partial charge >= 0.3 is 0 Å². The highest BCUT2D eigenvalue weighted by Crippen LogP contribution is 2.45. The van der Waals surface area contributed by atoms with Crippen LogP contribution >= 0.6 is 11.3 Å². The van der Waals surface area contributed by atoms with E-state index in [4.69, 9.17) is 4.98 Å². The fourth-order valence-electron chi connectivity index (χ4n) is 3.66. The summed E-state index contributed by atoms with van der Waals surface area (Å²) >= 11 is 1.73. The van der Waals surface area contributed by atoms with Crippen molar-refractivity contribution in [1.29, 1.82) is 0 Å². The summed E-state index contributed by atoms with van der Waals surface area (Å²) in [6.45, 7) is 9.01. The van der Waals surface area contributed by atoms with Crippen molar-refractivity contribution in [2.24, 2.45) is 11.3 Å². The van der Waals surface area contributed by atoms with Crippen molar-refractivity contribution in [2.75, 3.05) is 18.0 Å². The quantitative estimate of drug-likeness (QED) is 0.921. The molecule has 4 heteroatoms. The van der Waals surface area contributed by atoms with E-state index >= 15 is 0 Å². The van der Waals surface area contributed by atoms with Gasteiger partial charge in [0.15, 0.2) is 5.13 Å². The Morgan fingerprint density at radius 1 is 1.45 bits per heavy atom. The average Bonchev–Trinajstić information content (AvgIpc) is 2.94. The largest absolute Gasteiger partial charge is 0.387 e.